The molecule has 16 heavy (non-hydrogen) atoms. The molecular weight excluding hydrogens is 218 g/mol. The lowest BCUT2D eigenvalue weighted by atomic mass is 10.1. The molecule has 0 aliphatic carbocycles. The second-order valence-electron chi connectivity index (χ2n) is 4.11. The Bertz CT molecular complexity index is 419. The number of nitrogens with one attached hydrogen (secondary N) is 1. The van der Waals surface area contributed by atoms with E-state index in [2.05, 4.69) is 38.6 Å². The molecule has 4 heteroatoms. The summed E-state index contributed by atoms with van der Waals surface area (Å²) in [5.41, 5.74) is 2.48. The topological polar surface area (TPSA) is 29.9 Å². The van der Waals surface area contributed by atoms with Crippen LogP contribution in [0.15, 0.2) is 29.4 Å². The van der Waals surface area contributed by atoms with Gasteiger partial charge in [-0.05, 0) is 31.0 Å². The molecule has 1 unspecified atom stereocenters. The first-order valence-electron chi connectivity index (χ1n) is 5.48. The van der Waals surface area contributed by atoms with E-state index in [1.807, 2.05) is 19.6 Å². The second-order valence-corrected chi connectivity index (χ2v) is 4.89. The Balaban J connectivity index is 2.14. The lowest BCUT2D eigenvalue weighted by Crippen LogP contribution is -2.20. The van der Waals surface area contributed by atoms with E-state index < -0.39 is 0 Å². The number of imidazole rings is 1. The molecule has 1 N–H and O–H groups in total. The molecule has 0 saturated carbocycles. The van der Waals surface area contributed by atoms with E-state index in [0.717, 1.165) is 13.1 Å². The minimum atomic E-state index is 0.608. The van der Waals surface area contributed by atoms with Gasteiger partial charge in [-0.1, -0.05) is 6.92 Å². The molecule has 0 aliphatic rings. The number of hydrogen-bond donors (Lipinski definition) is 1. The first kappa shape index (κ1) is 11.4. The highest BCUT2D eigenvalue weighted by Gasteiger charge is 2.08. The molecule has 2 rings (SSSR count). The number of hydrogen-bond acceptors (Lipinski definition) is 3. The number of rotatable bonds is 5. The number of aromatic nitrogens is 2. The molecule has 3 nitrogen and oxygen atoms in total. The number of thiophene rings is 1. The number of nitrogens with zero attached hydrogens (tertiary/aromatic N) is 2. The summed E-state index contributed by atoms with van der Waals surface area (Å²) in [5.74, 6) is 0.608. The standard InChI is InChI=1S/C12H17N3S/c1-10(5-13-2)7-15-9-14-6-12(15)11-3-4-16-8-11/h3-4,6,8-10,13H,5,7H2,1-2H3. The van der Waals surface area contributed by atoms with Crippen molar-refractivity contribution in [2.75, 3.05) is 13.6 Å². The van der Waals surface area contributed by atoms with Gasteiger partial charge in [-0.15, -0.1) is 0 Å². The molecule has 0 spiro atoms. The summed E-state index contributed by atoms with van der Waals surface area (Å²) < 4.78 is 2.23. The van der Waals surface area contributed by atoms with Crippen molar-refractivity contribution in [1.82, 2.24) is 14.9 Å². The second kappa shape index (κ2) is 5.27. The van der Waals surface area contributed by atoms with Crippen LogP contribution in [0.1, 0.15) is 6.92 Å². The van der Waals surface area contributed by atoms with Crippen LogP contribution in [-0.4, -0.2) is 23.1 Å². The van der Waals surface area contributed by atoms with Gasteiger partial charge in [-0.25, -0.2) is 4.98 Å². The summed E-state index contributed by atoms with van der Waals surface area (Å²) in [4.78, 5) is 4.24. The molecular formula is C12H17N3S. The van der Waals surface area contributed by atoms with Gasteiger partial charge in [0, 0.05) is 17.5 Å². The first-order chi connectivity index (χ1) is 7.81. The fourth-order valence-electron chi connectivity index (χ4n) is 1.87. The maximum Gasteiger partial charge on any atom is 0.0951 e. The van der Waals surface area contributed by atoms with E-state index in [0.29, 0.717) is 5.92 Å². The van der Waals surface area contributed by atoms with Gasteiger partial charge in [0.15, 0.2) is 0 Å². The molecule has 2 aromatic rings. The van der Waals surface area contributed by atoms with E-state index in [-0.39, 0.29) is 0 Å². The Morgan fingerprint density at radius 3 is 3.12 bits per heavy atom. The highest BCUT2D eigenvalue weighted by molar-refractivity contribution is 7.08. The zero-order valence-corrected chi connectivity index (χ0v) is 10.5. The maximum absolute atomic E-state index is 4.24. The van der Waals surface area contributed by atoms with Crippen molar-refractivity contribution in [3.63, 3.8) is 0 Å². The molecule has 2 aromatic heterocycles. The Labute approximate surface area is 100 Å². The van der Waals surface area contributed by atoms with Gasteiger partial charge in [0.1, 0.15) is 0 Å². The molecule has 1 atom stereocenters. The fraction of sp³-hybridized carbons (Fsp3) is 0.417. The average Bonchev–Trinajstić information content (AvgIpc) is 2.86. The Kier molecular flexibility index (Phi) is 3.74. The van der Waals surface area contributed by atoms with Crippen LogP contribution in [0.3, 0.4) is 0 Å². The molecule has 0 fully saturated rings. The monoisotopic (exact) mass is 235 g/mol. The summed E-state index contributed by atoms with van der Waals surface area (Å²) in [6.45, 7) is 4.28. The predicted octanol–water partition coefficient (Wildman–Crippen LogP) is 2.47. The van der Waals surface area contributed by atoms with Crippen LogP contribution in [0.2, 0.25) is 0 Å². The van der Waals surface area contributed by atoms with Crippen LogP contribution in [0.25, 0.3) is 11.3 Å². The molecule has 0 radical (unpaired) electrons. The summed E-state index contributed by atoms with van der Waals surface area (Å²) in [5, 5.41) is 7.47. The summed E-state index contributed by atoms with van der Waals surface area (Å²) in [6.07, 6.45) is 3.85. The van der Waals surface area contributed by atoms with E-state index in [1.54, 1.807) is 11.3 Å². The van der Waals surface area contributed by atoms with Crippen molar-refractivity contribution in [2.24, 2.45) is 5.92 Å². The Morgan fingerprint density at radius 1 is 1.56 bits per heavy atom. The van der Waals surface area contributed by atoms with Gasteiger partial charge in [0.2, 0.25) is 0 Å². The Morgan fingerprint density at radius 2 is 2.44 bits per heavy atom. The van der Waals surface area contributed by atoms with E-state index >= 15 is 0 Å². The van der Waals surface area contributed by atoms with Crippen molar-refractivity contribution in [3.05, 3.63) is 29.4 Å². The Hall–Kier alpha value is -1.13. The molecule has 0 aromatic carbocycles. The molecule has 2 heterocycles. The zero-order valence-electron chi connectivity index (χ0n) is 9.68. The predicted molar refractivity (Wildman–Crippen MR) is 68.6 cm³/mol. The quantitative estimate of drug-likeness (QED) is 0.863. The molecule has 0 amide bonds. The van der Waals surface area contributed by atoms with Gasteiger partial charge in [0.25, 0.3) is 0 Å². The van der Waals surface area contributed by atoms with Gasteiger partial charge >= 0.3 is 0 Å². The third-order valence-corrected chi connectivity index (χ3v) is 3.27. The SMILES string of the molecule is CNCC(C)Cn1cncc1-c1ccsc1. The minimum absolute atomic E-state index is 0.608. The lowest BCUT2D eigenvalue weighted by Gasteiger charge is -2.13. The maximum atomic E-state index is 4.24. The van der Waals surface area contributed by atoms with Crippen LogP contribution >= 0.6 is 11.3 Å². The van der Waals surface area contributed by atoms with Crippen molar-refractivity contribution in [3.8, 4) is 11.3 Å². The molecule has 0 saturated heterocycles. The molecule has 86 valence electrons. The molecule has 0 bridgehead atoms. The van der Waals surface area contributed by atoms with Crippen LogP contribution < -0.4 is 5.32 Å². The average molecular weight is 235 g/mol. The summed E-state index contributed by atoms with van der Waals surface area (Å²) in [6, 6.07) is 2.14. The van der Waals surface area contributed by atoms with Crippen LogP contribution in [0.4, 0.5) is 0 Å². The normalized spacial score (nSPS) is 12.9. The van der Waals surface area contributed by atoms with E-state index in [9.17, 15) is 0 Å². The van der Waals surface area contributed by atoms with Crippen molar-refractivity contribution < 1.29 is 0 Å². The van der Waals surface area contributed by atoms with Gasteiger partial charge in [-0.2, -0.15) is 11.3 Å². The van der Waals surface area contributed by atoms with Crippen LogP contribution in [0.5, 0.6) is 0 Å². The minimum Gasteiger partial charge on any atom is -0.330 e. The van der Waals surface area contributed by atoms with Gasteiger partial charge < -0.3 is 9.88 Å². The van der Waals surface area contributed by atoms with Crippen LogP contribution in [0, 0.1) is 5.92 Å². The lowest BCUT2D eigenvalue weighted by molar-refractivity contribution is 0.464. The first-order valence-corrected chi connectivity index (χ1v) is 6.43. The fourth-order valence-corrected chi connectivity index (χ4v) is 2.52. The van der Waals surface area contributed by atoms with Gasteiger partial charge in [0.05, 0.1) is 18.2 Å². The van der Waals surface area contributed by atoms with Crippen molar-refractivity contribution in [2.45, 2.75) is 13.5 Å². The highest BCUT2D eigenvalue weighted by Crippen LogP contribution is 2.22. The third-order valence-electron chi connectivity index (χ3n) is 2.59. The highest BCUT2D eigenvalue weighted by atomic mass is 32.1. The van der Waals surface area contributed by atoms with E-state index in [1.165, 1.54) is 11.3 Å². The van der Waals surface area contributed by atoms with Crippen LogP contribution in [-0.2, 0) is 6.54 Å². The summed E-state index contributed by atoms with van der Waals surface area (Å²) >= 11 is 1.72. The largest absolute Gasteiger partial charge is 0.330 e. The third kappa shape index (κ3) is 2.51. The zero-order chi connectivity index (χ0) is 11.4. The summed E-state index contributed by atoms with van der Waals surface area (Å²) in [7, 11) is 1.99. The smallest absolute Gasteiger partial charge is 0.0951 e. The van der Waals surface area contributed by atoms with Gasteiger partial charge in [-0.3, -0.25) is 0 Å². The van der Waals surface area contributed by atoms with Crippen molar-refractivity contribution >= 4 is 11.3 Å². The molecule has 0 aliphatic heterocycles. The van der Waals surface area contributed by atoms with Crippen molar-refractivity contribution in [1.29, 1.82) is 0 Å². The van der Waals surface area contributed by atoms with E-state index in [4.69, 9.17) is 0 Å².